The molecule has 1 rings (SSSR count). The van der Waals surface area contributed by atoms with E-state index in [1.807, 2.05) is 0 Å². The Morgan fingerprint density at radius 1 is 1.25 bits per heavy atom. The van der Waals surface area contributed by atoms with Gasteiger partial charge in [0.1, 0.15) is 0 Å². The number of rotatable bonds is 6. The van der Waals surface area contributed by atoms with Crippen LogP contribution in [0, 0.1) is 0 Å². The molecule has 1 fully saturated rings. The molecule has 5 heteroatoms. The molecule has 0 aromatic carbocycles. The van der Waals surface area contributed by atoms with Gasteiger partial charge in [-0.25, -0.2) is 0 Å². The summed E-state index contributed by atoms with van der Waals surface area (Å²) in [7, 11) is 1.74. The minimum absolute atomic E-state index is 0.0765. The molecule has 1 N–H and O–H groups in total. The molecule has 0 radical (unpaired) electrons. The number of carboxylic acids is 1. The van der Waals surface area contributed by atoms with E-state index in [-0.39, 0.29) is 18.7 Å². The number of likely N-dealkylation sites (tertiary alicyclic amines) is 1. The van der Waals surface area contributed by atoms with Crippen LogP contribution >= 0.6 is 0 Å². The van der Waals surface area contributed by atoms with Crippen molar-refractivity contribution in [2.24, 2.45) is 0 Å². The Bertz CT molecular complexity index is 250. The van der Waals surface area contributed by atoms with E-state index in [0.29, 0.717) is 6.54 Å². The Balaban J connectivity index is 2.15. The van der Waals surface area contributed by atoms with E-state index >= 15 is 0 Å². The van der Waals surface area contributed by atoms with E-state index in [9.17, 15) is 9.59 Å². The van der Waals surface area contributed by atoms with Gasteiger partial charge in [-0.05, 0) is 25.9 Å². The highest BCUT2D eigenvalue weighted by Gasteiger charge is 2.14. The minimum Gasteiger partial charge on any atom is -0.481 e. The lowest BCUT2D eigenvalue weighted by Gasteiger charge is -2.21. The second kappa shape index (κ2) is 6.48. The summed E-state index contributed by atoms with van der Waals surface area (Å²) in [6, 6.07) is 0. The van der Waals surface area contributed by atoms with Crippen LogP contribution in [-0.4, -0.2) is 60.0 Å². The van der Waals surface area contributed by atoms with Crippen LogP contribution in [-0.2, 0) is 9.59 Å². The van der Waals surface area contributed by atoms with Crippen LogP contribution in [0.2, 0.25) is 0 Å². The predicted molar refractivity (Wildman–Crippen MR) is 60.2 cm³/mol. The van der Waals surface area contributed by atoms with Crippen molar-refractivity contribution in [3.05, 3.63) is 0 Å². The summed E-state index contributed by atoms with van der Waals surface area (Å²) in [5, 5.41) is 8.47. The summed E-state index contributed by atoms with van der Waals surface area (Å²) >= 11 is 0. The highest BCUT2D eigenvalue weighted by Crippen LogP contribution is 2.06. The lowest BCUT2D eigenvalue weighted by Crippen LogP contribution is -2.35. The molecule has 16 heavy (non-hydrogen) atoms. The van der Waals surface area contributed by atoms with Gasteiger partial charge in [-0.2, -0.15) is 0 Å². The second-order valence-corrected chi connectivity index (χ2v) is 4.26. The monoisotopic (exact) mass is 228 g/mol. The summed E-state index contributed by atoms with van der Waals surface area (Å²) in [5.41, 5.74) is 0. The fourth-order valence-corrected chi connectivity index (χ4v) is 1.83. The fraction of sp³-hybridized carbons (Fsp3) is 0.818. The number of likely N-dealkylation sites (N-methyl/N-ethyl adjacent to an activating group) is 1. The van der Waals surface area contributed by atoms with Gasteiger partial charge in [0.2, 0.25) is 5.91 Å². The zero-order chi connectivity index (χ0) is 12.0. The first-order chi connectivity index (χ1) is 7.59. The van der Waals surface area contributed by atoms with Crippen LogP contribution in [0.5, 0.6) is 0 Å². The van der Waals surface area contributed by atoms with Crippen molar-refractivity contribution in [2.45, 2.75) is 25.7 Å². The van der Waals surface area contributed by atoms with Crippen LogP contribution in [0.15, 0.2) is 0 Å². The first-order valence-electron chi connectivity index (χ1n) is 5.77. The second-order valence-electron chi connectivity index (χ2n) is 4.26. The van der Waals surface area contributed by atoms with E-state index in [2.05, 4.69) is 4.90 Å². The van der Waals surface area contributed by atoms with Gasteiger partial charge in [-0.1, -0.05) is 0 Å². The lowest BCUT2D eigenvalue weighted by molar-refractivity contribution is -0.140. The largest absolute Gasteiger partial charge is 0.481 e. The molecule has 0 aromatic heterocycles. The van der Waals surface area contributed by atoms with Crippen LogP contribution in [0.4, 0.5) is 0 Å². The Morgan fingerprint density at radius 3 is 2.44 bits per heavy atom. The molecule has 1 saturated heterocycles. The number of hydrogen-bond donors (Lipinski definition) is 1. The van der Waals surface area contributed by atoms with Crippen molar-refractivity contribution in [1.82, 2.24) is 9.80 Å². The van der Waals surface area contributed by atoms with Crippen molar-refractivity contribution >= 4 is 11.9 Å². The molecule has 92 valence electrons. The van der Waals surface area contributed by atoms with Crippen LogP contribution in [0.3, 0.4) is 0 Å². The quantitative estimate of drug-likeness (QED) is 0.715. The van der Waals surface area contributed by atoms with Crippen LogP contribution < -0.4 is 0 Å². The van der Waals surface area contributed by atoms with Gasteiger partial charge in [-0.3, -0.25) is 9.59 Å². The average molecular weight is 228 g/mol. The number of nitrogens with zero attached hydrogens (tertiary/aromatic N) is 2. The molecule has 1 aliphatic heterocycles. The van der Waals surface area contributed by atoms with Crippen LogP contribution in [0.25, 0.3) is 0 Å². The molecular formula is C11H20N2O3. The molecule has 0 atom stereocenters. The molecule has 0 unspecified atom stereocenters. The highest BCUT2D eigenvalue weighted by molar-refractivity contribution is 5.80. The zero-order valence-corrected chi connectivity index (χ0v) is 9.81. The molecule has 0 spiro atoms. The summed E-state index contributed by atoms with van der Waals surface area (Å²) in [5.74, 6) is -0.997. The third kappa shape index (κ3) is 4.61. The highest BCUT2D eigenvalue weighted by atomic mass is 16.4. The van der Waals surface area contributed by atoms with Gasteiger partial charge in [0.25, 0.3) is 0 Å². The van der Waals surface area contributed by atoms with E-state index < -0.39 is 5.97 Å². The fourth-order valence-electron chi connectivity index (χ4n) is 1.83. The third-order valence-electron chi connectivity index (χ3n) is 2.93. The minimum atomic E-state index is -0.915. The lowest BCUT2D eigenvalue weighted by atomic mass is 10.3. The maximum atomic E-state index is 11.5. The van der Waals surface area contributed by atoms with E-state index in [4.69, 9.17) is 5.11 Å². The summed E-state index contributed by atoms with van der Waals surface area (Å²) < 4.78 is 0. The number of carbonyl (C=O) groups is 2. The van der Waals surface area contributed by atoms with Crippen molar-refractivity contribution in [2.75, 3.05) is 33.2 Å². The first kappa shape index (κ1) is 13.0. The molecule has 0 bridgehead atoms. The van der Waals surface area contributed by atoms with Crippen molar-refractivity contribution in [3.63, 3.8) is 0 Å². The van der Waals surface area contributed by atoms with Crippen LogP contribution in [0.1, 0.15) is 25.7 Å². The summed E-state index contributed by atoms with van der Waals surface area (Å²) in [4.78, 5) is 25.8. The molecule has 0 saturated carbocycles. The Hall–Kier alpha value is -1.10. The van der Waals surface area contributed by atoms with Crippen molar-refractivity contribution < 1.29 is 14.7 Å². The molecular weight excluding hydrogens is 208 g/mol. The van der Waals surface area contributed by atoms with Gasteiger partial charge in [0.15, 0.2) is 0 Å². The van der Waals surface area contributed by atoms with Gasteiger partial charge in [0, 0.05) is 26.6 Å². The molecule has 0 aliphatic carbocycles. The number of carbonyl (C=O) groups excluding carboxylic acids is 1. The Kier molecular flexibility index (Phi) is 5.25. The predicted octanol–water partition coefficient (Wildman–Crippen LogP) is 0.405. The van der Waals surface area contributed by atoms with E-state index in [1.165, 1.54) is 12.8 Å². The van der Waals surface area contributed by atoms with Gasteiger partial charge in [-0.15, -0.1) is 0 Å². The number of hydrogen-bond acceptors (Lipinski definition) is 3. The maximum Gasteiger partial charge on any atom is 0.303 e. The normalized spacial score (nSPS) is 16.3. The average Bonchev–Trinajstić information content (AvgIpc) is 2.75. The summed E-state index contributed by atoms with van der Waals surface area (Å²) in [6.07, 6.45) is 2.52. The Morgan fingerprint density at radius 2 is 1.88 bits per heavy atom. The smallest absolute Gasteiger partial charge is 0.303 e. The van der Waals surface area contributed by atoms with Gasteiger partial charge >= 0.3 is 5.97 Å². The molecule has 1 heterocycles. The maximum absolute atomic E-state index is 11.5. The molecule has 1 aliphatic rings. The third-order valence-corrected chi connectivity index (χ3v) is 2.93. The SMILES string of the molecule is CN(CCN1CCCC1)C(=O)CCC(=O)O. The van der Waals surface area contributed by atoms with Crippen molar-refractivity contribution in [1.29, 1.82) is 0 Å². The molecule has 1 amide bonds. The number of amides is 1. The zero-order valence-electron chi connectivity index (χ0n) is 9.81. The standard InChI is InChI=1S/C11H20N2O3/c1-12(10(14)4-5-11(15)16)8-9-13-6-2-3-7-13/h2-9H2,1H3,(H,15,16). The van der Waals surface area contributed by atoms with Gasteiger partial charge in [0.05, 0.1) is 6.42 Å². The Labute approximate surface area is 96.0 Å². The van der Waals surface area contributed by atoms with E-state index in [1.54, 1.807) is 11.9 Å². The summed E-state index contributed by atoms with van der Waals surface area (Å²) in [6.45, 7) is 3.84. The number of carboxylic acid groups (broad SMARTS) is 1. The first-order valence-corrected chi connectivity index (χ1v) is 5.77. The van der Waals surface area contributed by atoms with E-state index in [0.717, 1.165) is 19.6 Å². The molecule has 0 aromatic rings. The topological polar surface area (TPSA) is 60.9 Å². The number of aliphatic carboxylic acids is 1. The van der Waals surface area contributed by atoms with Gasteiger partial charge < -0.3 is 14.9 Å². The molecule has 5 nitrogen and oxygen atoms in total. The van der Waals surface area contributed by atoms with Crippen molar-refractivity contribution in [3.8, 4) is 0 Å².